The molecule has 1 fully saturated rings. The second-order valence-corrected chi connectivity index (χ2v) is 5.89. The molecule has 1 aromatic heterocycles. The van der Waals surface area contributed by atoms with Crippen molar-refractivity contribution in [2.24, 2.45) is 0 Å². The van der Waals surface area contributed by atoms with E-state index in [1.54, 1.807) is 24.4 Å². The van der Waals surface area contributed by atoms with Gasteiger partial charge in [0.05, 0.1) is 11.4 Å². The summed E-state index contributed by atoms with van der Waals surface area (Å²) in [5, 5.41) is 0.266. The van der Waals surface area contributed by atoms with Crippen LogP contribution in [0.5, 0.6) is 0 Å². The van der Waals surface area contributed by atoms with Crippen molar-refractivity contribution in [3.8, 4) is 0 Å². The predicted octanol–water partition coefficient (Wildman–Crippen LogP) is 3.90. The number of carbonyl (C=O) groups excluding carboxylic acids is 2. The number of halogens is 1. The molecule has 0 radical (unpaired) electrons. The Morgan fingerprint density at radius 1 is 1.19 bits per heavy atom. The summed E-state index contributed by atoms with van der Waals surface area (Å²) >= 11 is 7.01. The number of benzene rings is 1. The molecule has 2 heterocycles. The van der Waals surface area contributed by atoms with Crippen LogP contribution in [0.4, 0.5) is 4.79 Å². The van der Waals surface area contributed by atoms with Crippen LogP contribution in [-0.4, -0.2) is 21.0 Å². The Hall–Kier alpha value is -1.98. The van der Waals surface area contributed by atoms with Gasteiger partial charge in [0.25, 0.3) is 11.1 Å². The van der Waals surface area contributed by atoms with E-state index in [9.17, 15) is 9.59 Å². The van der Waals surface area contributed by atoms with Crippen molar-refractivity contribution in [2.45, 2.75) is 6.54 Å². The largest absolute Gasteiger partial charge is 0.362 e. The zero-order chi connectivity index (χ0) is 14.8. The van der Waals surface area contributed by atoms with E-state index < -0.39 is 0 Å². The fourth-order valence-electron chi connectivity index (χ4n) is 2.01. The number of rotatable bonds is 3. The van der Waals surface area contributed by atoms with E-state index in [1.165, 1.54) is 4.90 Å². The van der Waals surface area contributed by atoms with Gasteiger partial charge in [-0.05, 0) is 41.6 Å². The Labute approximate surface area is 130 Å². The van der Waals surface area contributed by atoms with E-state index >= 15 is 0 Å². The summed E-state index contributed by atoms with van der Waals surface area (Å²) in [5.74, 6) is -0.292. The molecule has 0 atom stereocenters. The highest BCUT2D eigenvalue weighted by atomic mass is 35.5. The number of imide groups is 1. The molecule has 1 aliphatic heterocycles. The van der Waals surface area contributed by atoms with Crippen molar-refractivity contribution in [3.05, 3.63) is 63.8 Å². The first-order chi connectivity index (χ1) is 10.1. The molecule has 0 unspecified atom stereocenters. The van der Waals surface area contributed by atoms with E-state index in [1.807, 2.05) is 24.3 Å². The molecule has 1 aromatic carbocycles. The fraction of sp³-hybridized carbons (Fsp3) is 0.0667. The van der Waals surface area contributed by atoms with Crippen LogP contribution in [-0.2, 0) is 11.3 Å². The minimum absolute atomic E-state index is 0.187. The molecule has 0 spiro atoms. The quantitative estimate of drug-likeness (QED) is 0.873. The Bertz CT molecular complexity index is 725. The monoisotopic (exact) mass is 318 g/mol. The van der Waals surface area contributed by atoms with Crippen LogP contribution in [0.2, 0.25) is 5.02 Å². The van der Waals surface area contributed by atoms with Crippen molar-refractivity contribution in [1.82, 2.24) is 9.88 Å². The van der Waals surface area contributed by atoms with Crippen LogP contribution < -0.4 is 0 Å². The maximum absolute atomic E-state index is 12.3. The third-order valence-corrected chi connectivity index (χ3v) is 4.34. The number of nitrogens with zero attached hydrogens (tertiary/aromatic N) is 1. The molecule has 0 bridgehead atoms. The van der Waals surface area contributed by atoms with Crippen molar-refractivity contribution in [3.63, 3.8) is 0 Å². The molecule has 1 N–H and O–H groups in total. The standard InChI is InChI=1S/C15H11ClN2O2S/c16-12-6-2-1-4-10(12)9-18-14(19)13(21-15(18)20)8-11-5-3-7-17-11/h1-8,17H,9H2/b13-8-. The molecule has 2 amide bonds. The van der Waals surface area contributed by atoms with Gasteiger partial charge in [0.15, 0.2) is 0 Å². The number of aromatic amines is 1. The second-order valence-electron chi connectivity index (χ2n) is 4.48. The minimum atomic E-state index is -0.292. The van der Waals surface area contributed by atoms with Crippen LogP contribution in [0.3, 0.4) is 0 Å². The lowest BCUT2D eigenvalue weighted by Gasteiger charge is -2.13. The van der Waals surface area contributed by atoms with Crippen LogP contribution in [0.15, 0.2) is 47.5 Å². The predicted molar refractivity (Wildman–Crippen MR) is 83.8 cm³/mol. The Morgan fingerprint density at radius 3 is 2.71 bits per heavy atom. The summed E-state index contributed by atoms with van der Waals surface area (Å²) in [7, 11) is 0. The third kappa shape index (κ3) is 2.89. The number of hydrogen-bond donors (Lipinski definition) is 1. The molecule has 106 valence electrons. The van der Waals surface area contributed by atoms with Gasteiger partial charge >= 0.3 is 0 Å². The van der Waals surface area contributed by atoms with Gasteiger partial charge in [0, 0.05) is 16.9 Å². The molecule has 1 saturated heterocycles. The summed E-state index contributed by atoms with van der Waals surface area (Å²) in [6.07, 6.45) is 3.44. The van der Waals surface area contributed by atoms with Crippen molar-refractivity contribution < 1.29 is 9.59 Å². The lowest BCUT2D eigenvalue weighted by molar-refractivity contribution is -0.123. The fourth-order valence-corrected chi connectivity index (χ4v) is 3.03. The molecule has 2 aromatic rings. The topological polar surface area (TPSA) is 53.2 Å². The van der Waals surface area contributed by atoms with Gasteiger partial charge in [-0.3, -0.25) is 14.5 Å². The van der Waals surface area contributed by atoms with Gasteiger partial charge in [-0.2, -0.15) is 0 Å². The van der Waals surface area contributed by atoms with Gasteiger partial charge in [-0.1, -0.05) is 29.8 Å². The molecule has 6 heteroatoms. The first-order valence-electron chi connectivity index (χ1n) is 6.27. The first kappa shape index (κ1) is 14.0. The molecule has 21 heavy (non-hydrogen) atoms. The normalized spacial score (nSPS) is 17.0. The highest BCUT2D eigenvalue weighted by Gasteiger charge is 2.35. The van der Waals surface area contributed by atoms with Gasteiger partial charge in [0.1, 0.15) is 0 Å². The highest BCUT2D eigenvalue weighted by Crippen LogP contribution is 2.33. The molecule has 0 saturated carbocycles. The zero-order valence-corrected chi connectivity index (χ0v) is 12.4. The van der Waals surface area contributed by atoms with Crippen LogP contribution >= 0.6 is 23.4 Å². The van der Waals surface area contributed by atoms with Crippen molar-refractivity contribution in [1.29, 1.82) is 0 Å². The molecular formula is C15H11ClN2O2S. The minimum Gasteiger partial charge on any atom is -0.362 e. The Balaban J connectivity index is 1.83. The lowest BCUT2D eigenvalue weighted by atomic mass is 10.2. The maximum atomic E-state index is 12.3. The van der Waals surface area contributed by atoms with Gasteiger partial charge in [-0.25, -0.2) is 0 Å². The average molecular weight is 319 g/mol. The number of carbonyl (C=O) groups is 2. The number of amides is 2. The highest BCUT2D eigenvalue weighted by molar-refractivity contribution is 8.18. The van der Waals surface area contributed by atoms with Crippen molar-refractivity contribution >= 4 is 40.6 Å². The Morgan fingerprint density at radius 2 is 2.00 bits per heavy atom. The molecule has 4 nitrogen and oxygen atoms in total. The number of nitrogens with one attached hydrogen (secondary N) is 1. The van der Waals surface area contributed by atoms with Gasteiger partial charge < -0.3 is 4.98 Å². The summed E-state index contributed by atoms with van der Waals surface area (Å²) in [6, 6.07) is 10.9. The molecule has 1 aliphatic rings. The van der Waals surface area contributed by atoms with Crippen LogP contribution in [0, 0.1) is 0 Å². The molecular weight excluding hydrogens is 308 g/mol. The summed E-state index contributed by atoms with van der Waals surface area (Å²) in [6.45, 7) is 0.187. The summed E-state index contributed by atoms with van der Waals surface area (Å²) < 4.78 is 0. The third-order valence-electron chi connectivity index (χ3n) is 3.07. The summed E-state index contributed by atoms with van der Waals surface area (Å²) in [5.41, 5.74) is 1.54. The number of thioether (sulfide) groups is 1. The molecule has 0 aliphatic carbocycles. The number of aromatic nitrogens is 1. The van der Waals surface area contributed by atoms with E-state index in [0.29, 0.717) is 9.93 Å². The van der Waals surface area contributed by atoms with Crippen molar-refractivity contribution in [2.75, 3.05) is 0 Å². The maximum Gasteiger partial charge on any atom is 0.293 e. The van der Waals surface area contributed by atoms with Crippen LogP contribution in [0.25, 0.3) is 6.08 Å². The zero-order valence-electron chi connectivity index (χ0n) is 10.9. The SMILES string of the molecule is O=C1S/C(=C\c2ccc[nH]2)C(=O)N1Cc1ccccc1Cl. The van der Waals surface area contributed by atoms with E-state index in [0.717, 1.165) is 23.0 Å². The number of hydrogen-bond acceptors (Lipinski definition) is 3. The second kappa shape index (κ2) is 5.79. The average Bonchev–Trinajstić information content (AvgIpc) is 3.05. The number of H-pyrrole nitrogens is 1. The van der Waals surface area contributed by atoms with Gasteiger partial charge in [0.2, 0.25) is 0 Å². The van der Waals surface area contributed by atoms with Gasteiger partial charge in [-0.15, -0.1) is 0 Å². The smallest absolute Gasteiger partial charge is 0.293 e. The van der Waals surface area contributed by atoms with Crippen LogP contribution in [0.1, 0.15) is 11.3 Å². The van der Waals surface area contributed by atoms with E-state index in [-0.39, 0.29) is 17.7 Å². The molecule has 3 rings (SSSR count). The van der Waals surface area contributed by atoms with E-state index in [2.05, 4.69) is 4.98 Å². The first-order valence-corrected chi connectivity index (χ1v) is 7.47. The summed E-state index contributed by atoms with van der Waals surface area (Å²) in [4.78, 5) is 28.9. The van der Waals surface area contributed by atoms with E-state index in [4.69, 9.17) is 11.6 Å². The lowest BCUT2D eigenvalue weighted by Crippen LogP contribution is -2.27. The Kier molecular flexibility index (Phi) is 3.86.